The zero-order chi connectivity index (χ0) is 14.7. The fraction of sp³-hybridized carbons (Fsp3) is 0.200. The van der Waals surface area contributed by atoms with Gasteiger partial charge in [-0.25, -0.2) is 4.98 Å². The summed E-state index contributed by atoms with van der Waals surface area (Å²) in [5.74, 6) is 1.29. The van der Waals surface area contributed by atoms with Crippen molar-refractivity contribution in [2.45, 2.75) is 13.5 Å². The summed E-state index contributed by atoms with van der Waals surface area (Å²) in [4.78, 5) is 8.77. The molecule has 0 fully saturated rings. The second-order valence-electron chi connectivity index (χ2n) is 4.50. The average Bonchev–Trinajstić information content (AvgIpc) is 2.95. The Labute approximate surface area is 131 Å². The minimum Gasteiger partial charge on any atom is -0.470 e. The topological polar surface area (TPSA) is 51.5 Å². The number of ether oxygens (including phenoxy) is 1. The Morgan fingerprint density at radius 2 is 2.19 bits per heavy atom. The molecule has 3 aromatic rings. The molecule has 0 atom stereocenters. The number of nitrogens with one attached hydrogen (secondary N) is 1. The SMILES string of the molecule is CCNc1cn2ccnc2c(OCc2ccccc2Br)n1. The van der Waals surface area contributed by atoms with Gasteiger partial charge >= 0.3 is 0 Å². The van der Waals surface area contributed by atoms with Crippen molar-refractivity contribution >= 4 is 27.4 Å². The summed E-state index contributed by atoms with van der Waals surface area (Å²) >= 11 is 3.52. The van der Waals surface area contributed by atoms with E-state index >= 15 is 0 Å². The molecule has 0 saturated heterocycles. The highest BCUT2D eigenvalue weighted by Gasteiger charge is 2.09. The molecule has 0 aliphatic rings. The molecule has 0 amide bonds. The minimum absolute atomic E-state index is 0.437. The van der Waals surface area contributed by atoms with Gasteiger partial charge < -0.3 is 10.1 Å². The molecular weight excluding hydrogens is 332 g/mol. The molecule has 5 nitrogen and oxygen atoms in total. The largest absolute Gasteiger partial charge is 0.470 e. The molecule has 0 spiro atoms. The normalized spacial score (nSPS) is 10.8. The highest BCUT2D eigenvalue weighted by Crippen LogP contribution is 2.22. The molecular formula is C15H15BrN4O. The van der Waals surface area contributed by atoms with E-state index < -0.39 is 0 Å². The zero-order valence-corrected chi connectivity index (χ0v) is 13.2. The van der Waals surface area contributed by atoms with Gasteiger partial charge in [0.25, 0.3) is 5.88 Å². The summed E-state index contributed by atoms with van der Waals surface area (Å²) in [5, 5.41) is 3.19. The Morgan fingerprint density at radius 1 is 1.33 bits per heavy atom. The lowest BCUT2D eigenvalue weighted by Gasteiger charge is -2.10. The number of aromatic nitrogens is 3. The molecule has 0 saturated carbocycles. The van der Waals surface area contributed by atoms with Crippen LogP contribution in [0.5, 0.6) is 5.88 Å². The van der Waals surface area contributed by atoms with E-state index in [4.69, 9.17) is 4.74 Å². The Bertz CT molecular complexity index is 756. The molecule has 6 heteroatoms. The minimum atomic E-state index is 0.437. The van der Waals surface area contributed by atoms with E-state index in [2.05, 4.69) is 31.2 Å². The van der Waals surface area contributed by atoms with Gasteiger partial charge in [-0.2, -0.15) is 4.98 Å². The fourth-order valence-electron chi connectivity index (χ4n) is 2.03. The van der Waals surface area contributed by atoms with Crippen molar-refractivity contribution in [1.29, 1.82) is 0 Å². The van der Waals surface area contributed by atoms with Crippen LogP contribution in [0.25, 0.3) is 5.65 Å². The van der Waals surface area contributed by atoms with Crippen LogP contribution in [-0.2, 0) is 6.61 Å². The van der Waals surface area contributed by atoms with E-state index in [1.807, 2.05) is 48.0 Å². The van der Waals surface area contributed by atoms with E-state index in [1.165, 1.54) is 0 Å². The van der Waals surface area contributed by atoms with Crippen LogP contribution in [0.15, 0.2) is 47.3 Å². The van der Waals surface area contributed by atoms with Crippen LogP contribution < -0.4 is 10.1 Å². The number of benzene rings is 1. The summed E-state index contributed by atoms with van der Waals surface area (Å²) in [5.41, 5.74) is 1.78. The van der Waals surface area contributed by atoms with E-state index in [-0.39, 0.29) is 0 Å². The molecule has 0 aliphatic heterocycles. The van der Waals surface area contributed by atoms with Gasteiger partial charge in [0.2, 0.25) is 5.65 Å². The lowest BCUT2D eigenvalue weighted by atomic mass is 10.2. The average molecular weight is 347 g/mol. The zero-order valence-electron chi connectivity index (χ0n) is 11.6. The van der Waals surface area contributed by atoms with Crippen LogP contribution >= 0.6 is 15.9 Å². The third kappa shape index (κ3) is 3.00. The van der Waals surface area contributed by atoms with Gasteiger partial charge in [-0.05, 0) is 13.0 Å². The molecule has 2 heterocycles. The maximum atomic E-state index is 5.87. The Kier molecular flexibility index (Phi) is 4.06. The standard InChI is InChI=1S/C15H15BrN4O/c1-2-17-13-9-20-8-7-18-14(20)15(19-13)21-10-11-5-3-4-6-12(11)16/h3-9,17H,2,10H2,1H3. The van der Waals surface area contributed by atoms with Gasteiger partial charge in [0.05, 0.1) is 6.20 Å². The predicted octanol–water partition coefficient (Wildman–Crippen LogP) is 3.50. The number of hydrogen-bond donors (Lipinski definition) is 1. The molecule has 0 bridgehead atoms. The number of rotatable bonds is 5. The highest BCUT2D eigenvalue weighted by molar-refractivity contribution is 9.10. The van der Waals surface area contributed by atoms with E-state index in [1.54, 1.807) is 6.20 Å². The molecule has 1 aromatic carbocycles. The highest BCUT2D eigenvalue weighted by atomic mass is 79.9. The van der Waals surface area contributed by atoms with Crippen molar-refractivity contribution in [3.8, 4) is 5.88 Å². The van der Waals surface area contributed by atoms with Crippen molar-refractivity contribution in [3.63, 3.8) is 0 Å². The van der Waals surface area contributed by atoms with Gasteiger partial charge in [0, 0.05) is 29.0 Å². The van der Waals surface area contributed by atoms with Crippen LogP contribution in [0.4, 0.5) is 5.82 Å². The fourth-order valence-corrected chi connectivity index (χ4v) is 2.43. The van der Waals surface area contributed by atoms with Gasteiger partial charge in [0.15, 0.2) is 0 Å². The van der Waals surface area contributed by atoms with Crippen LogP contribution in [0.3, 0.4) is 0 Å². The van der Waals surface area contributed by atoms with Crippen molar-refractivity contribution in [1.82, 2.24) is 14.4 Å². The Morgan fingerprint density at radius 3 is 3.00 bits per heavy atom. The van der Waals surface area contributed by atoms with E-state index in [9.17, 15) is 0 Å². The second-order valence-corrected chi connectivity index (χ2v) is 5.35. The third-order valence-corrected chi connectivity index (χ3v) is 3.80. The molecule has 1 N–H and O–H groups in total. The van der Waals surface area contributed by atoms with Crippen molar-refractivity contribution in [2.75, 3.05) is 11.9 Å². The first-order valence-electron chi connectivity index (χ1n) is 6.71. The number of hydrogen-bond acceptors (Lipinski definition) is 4. The van der Waals surface area contributed by atoms with Crippen LogP contribution in [0.2, 0.25) is 0 Å². The molecule has 0 radical (unpaired) electrons. The van der Waals surface area contributed by atoms with Gasteiger partial charge in [-0.3, -0.25) is 4.40 Å². The van der Waals surface area contributed by atoms with E-state index in [0.29, 0.717) is 18.1 Å². The molecule has 0 unspecified atom stereocenters. The second kappa shape index (κ2) is 6.13. The quantitative estimate of drug-likeness (QED) is 0.768. The van der Waals surface area contributed by atoms with Crippen LogP contribution in [0, 0.1) is 0 Å². The third-order valence-electron chi connectivity index (χ3n) is 3.02. The lowest BCUT2D eigenvalue weighted by Crippen LogP contribution is -2.05. The maximum absolute atomic E-state index is 5.87. The summed E-state index contributed by atoms with van der Waals surface area (Å²) in [6, 6.07) is 7.97. The van der Waals surface area contributed by atoms with Gasteiger partial charge in [0.1, 0.15) is 12.4 Å². The first-order chi connectivity index (χ1) is 10.3. The molecule has 108 valence electrons. The smallest absolute Gasteiger partial charge is 0.260 e. The summed E-state index contributed by atoms with van der Waals surface area (Å²) in [6.45, 7) is 3.27. The number of anilines is 1. The molecule has 3 rings (SSSR count). The van der Waals surface area contributed by atoms with Crippen LogP contribution in [0.1, 0.15) is 12.5 Å². The summed E-state index contributed by atoms with van der Waals surface area (Å²) < 4.78 is 8.79. The molecule has 2 aromatic heterocycles. The molecule has 21 heavy (non-hydrogen) atoms. The number of fused-ring (bicyclic) bond motifs is 1. The van der Waals surface area contributed by atoms with Gasteiger partial charge in [-0.1, -0.05) is 34.1 Å². The first-order valence-corrected chi connectivity index (χ1v) is 7.51. The number of halogens is 1. The van der Waals surface area contributed by atoms with E-state index in [0.717, 1.165) is 22.4 Å². The predicted molar refractivity (Wildman–Crippen MR) is 85.6 cm³/mol. The van der Waals surface area contributed by atoms with Crippen molar-refractivity contribution in [2.24, 2.45) is 0 Å². The summed E-state index contributed by atoms with van der Waals surface area (Å²) in [6.07, 6.45) is 5.51. The first kappa shape index (κ1) is 13.9. The lowest BCUT2D eigenvalue weighted by molar-refractivity contribution is 0.295. The number of nitrogens with zero attached hydrogens (tertiary/aromatic N) is 3. The monoisotopic (exact) mass is 346 g/mol. The molecule has 0 aliphatic carbocycles. The Balaban J connectivity index is 1.89. The van der Waals surface area contributed by atoms with Crippen molar-refractivity contribution in [3.05, 3.63) is 52.9 Å². The van der Waals surface area contributed by atoms with Crippen LogP contribution in [-0.4, -0.2) is 20.9 Å². The van der Waals surface area contributed by atoms with Crippen molar-refractivity contribution < 1.29 is 4.74 Å². The Hall–Kier alpha value is -2.08. The van der Waals surface area contributed by atoms with Gasteiger partial charge in [-0.15, -0.1) is 0 Å². The summed E-state index contributed by atoms with van der Waals surface area (Å²) in [7, 11) is 0. The maximum Gasteiger partial charge on any atom is 0.260 e. The number of imidazole rings is 1.